The molecule has 0 spiro atoms. The largest absolute Gasteiger partial charge is 0.396 e. The molecule has 13 heavy (non-hydrogen) atoms. The van der Waals surface area contributed by atoms with Gasteiger partial charge in [-0.05, 0) is 12.8 Å². The molecule has 3 N–H and O–H groups in total. The van der Waals surface area contributed by atoms with Crippen LogP contribution >= 0.6 is 0 Å². The molecule has 0 aliphatic carbocycles. The van der Waals surface area contributed by atoms with Gasteiger partial charge in [0.15, 0.2) is 5.95 Å². The maximum atomic E-state index is 8.56. The van der Waals surface area contributed by atoms with E-state index in [1.165, 1.54) is 0 Å². The second kappa shape index (κ2) is 5.59. The van der Waals surface area contributed by atoms with Gasteiger partial charge in [0, 0.05) is 25.5 Å². The number of unbranched alkanes of at least 4 members (excludes halogenated alkanes) is 3. The highest BCUT2D eigenvalue weighted by atomic mass is 16.2. The summed E-state index contributed by atoms with van der Waals surface area (Å²) >= 11 is 0. The van der Waals surface area contributed by atoms with Gasteiger partial charge in [-0.2, -0.15) is 0 Å². The van der Waals surface area contributed by atoms with E-state index in [4.69, 9.17) is 10.8 Å². The van der Waals surface area contributed by atoms with Crippen molar-refractivity contribution in [1.82, 2.24) is 9.55 Å². The smallest absolute Gasteiger partial charge is 0.200 e. The molecule has 0 radical (unpaired) electrons. The van der Waals surface area contributed by atoms with Gasteiger partial charge in [0.2, 0.25) is 0 Å². The predicted molar refractivity (Wildman–Crippen MR) is 52.2 cm³/mol. The Kier molecular flexibility index (Phi) is 4.32. The summed E-state index contributed by atoms with van der Waals surface area (Å²) < 4.78 is 1.94. The van der Waals surface area contributed by atoms with Crippen molar-refractivity contribution >= 4 is 5.95 Å². The third kappa shape index (κ3) is 3.46. The lowest BCUT2D eigenvalue weighted by atomic mass is 10.2. The number of anilines is 1. The molecule has 0 aliphatic rings. The molecular weight excluding hydrogens is 166 g/mol. The molecule has 1 heterocycles. The minimum Gasteiger partial charge on any atom is -0.396 e. The molecule has 0 saturated heterocycles. The first-order valence-corrected chi connectivity index (χ1v) is 4.72. The Morgan fingerprint density at radius 3 is 2.69 bits per heavy atom. The van der Waals surface area contributed by atoms with Gasteiger partial charge < -0.3 is 15.4 Å². The summed E-state index contributed by atoms with van der Waals surface area (Å²) in [4.78, 5) is 3.93. The van der Waals surface area contributed by atoms with Crippen LogP contribution in [0, 0.1) is 0 Å². The maximum Gasteiger partial charge on any atom is 0.200 e. The normalized spacial score (nSPS) is 10.5. The van der Waals surface area contributed by atoms with Crippen molar-refractivity contribution in [1.29, 1.82) is 0 Å². The van der Waals surface area contributed by atoms with E-state index in [0.717, 1.165) is 32.2 Å². The van der Waals surface area contributed by atoms with Crippen molar-refractivity contribution in [3.8, 4) is 0 Å². The highest BCUT2D eigenvalue weighted by molar-refractivity contribution is 5.16. The SMILES string of the molecule is Nc1nccn1CCCCCCO. The molecule has 4 heteroatoms. The number of rotatable bonds is 6. The molecule has 0 unspecified atom stereocenters. The average molecular weight is 183 g/mol. The topological polar surface area (TPSA) is 64.1 Å². The van der Waals surface area contributed by atoms with Crippen LogP contribution in [0.4, 0.5) is 5.95 Å². The number of aliphatic hydroxyl groups is 1. The van der Waals surface area contributed by atoms with Crippen LogP contribution in [0.25, 0.3) is 0 Å². The fraction of sp³-hybridized carbons (Fsp3) is 0.667. The van der Waals surface area contributed by atoms with E-state index in [1.54, 1.807) is 6.20 Å². The zero-order valence-corrected chi connectivity index (χ0v) is 7.82. The Morgan fingerprint density at radius 2 is 2.08 bits per heavy atom. The number of hydrogen-bond donors (Lipinski definition) is 2. The molecule has 0 bridgehead atoms. The monoisotopic (exact) mass is 183 g/mol. The zero-order chi connectivity index (χ0) is 9.52. The summed E-state index contributed by atoms with van der Waals surface area (Å²) in [6.07, 6.45) is 7.83. The van der Waals surface area contributed by atoms with Crippen LogP contribution in [0.5, 0.6) is 0 Å². The van der Waals surface area contributed by atoms with Gasteiger partial charge in [-0.15, -0.1) is 0 Å². The van der Waals surface area contributed by atoms with Crippen molar-refractivity contribution in [2.75, 3.05) is 12.3 Å². The lowest BCUT2D eigenvalue weighted by Crippen LogP contribution is -2.02. The number of hydrogen-bond acceptors (Lipinski definition) is 3. The van der Waals surface area contributed by atoms with Crippen LogP contribution in [-0.4, -0.2) is 21.3 Å². The van der Waals surface area contributed by atoms with E-state index < -0.39 is 0 Å². The summed E-state index contributed by atoms with van der Waals surface area (Å²) in [7, 11) is 0. The van der Waals surface area contributed by atoms with E-state index in [9.17, 15) is 0 Å². The highest BCUT2D eigenvalue weighted by Gasteiger charge is 1.96. The van der Waals surface area contributed by atoms with Gasteiger partial charge in [0.1, 0.15) is 0 Å². The fourth-order valence-electron chi connectivity index (χ4n) is 1.28. The Labute approximate surface area is 78.4 Å². The Hall–Kier alpha value is -1.03. The first-order chi connectivity index (χ1) is 6.34. The van der Waals surface area contributed by atoms with Crippen molar-refractivity contribution in [3.05, 3.63) is 12.4 Å². The lowest BCUT2D eigenvalue weighted by molar-refractivity contribution is 0.282. The molecule has 0 atom stereocenters. The summed E-state index contributed by atoms with van der Waals surface area (Å²) in [5.41, 5.74) is 5.59. The highest BCUT2D eigenvalue weighted by Crippen LogP contribution is 2.04. The number of aryl methyl sites for hydroxylation is 1. The molecule has 0 saturated carbocycles. The summed E-state index contributed by atoms with van der Waals surface area (Å²) in [6, 6.07) is 0. The summed E-state index contributed by atoms with van der Waals surface area (Å²) in [6.45, 7) is 1.23. The number of nitrogens with two attached hydrogens (primary N) is 1. The van der Waals surface area contributed by atoms with Gasteiger partial charge in [0.25, 0.3) is 0 Å². The molecule has 1 aromatic rings. The quantitative estimate of drug-likeness (QED) is 0.647. The Morgan fingerprint density at radius 1 is 1.31 bits per heavy atom. The maximum absolute atomic E-state index is 8.56. The summed E-state index contributed by atoms with van der Waals surface area (Å²) in [5, 5.41) is 8.56. The van der Waals surface area contributed by atoms with Crippen LogP contribution in [0.15, 0.2) is 12.4 Å². The van der Waals surface area contributed by atoms with Gasteiger partial charge in [-0.1, -0.05) is 12.8 Å². The standard InChI is InChI=1S/C9H17N3O/c10-9-11-5-7-12(9)6-3-1-2-4-8-13/h5,7,13H,1-4,6,8H2,(H2,10,11). The van der Waals surface area contributed by atoms with E-state index in [2.05, 4.69) is 4.98 Å². The molecule has 0 fully saturated rings. The second-order valence-corrected chi connectivity index (χ2v) is 3.12. The van der Waals surface area contributed by atoms with Crippen LogP contribution in [-0.2, 0) is 6.54 Å². The number of imidazole rings is 1. The van der Waals surface area contributed by atoms with Crippen LogP contribution in [0.2, 0.25) is 0 Å². The Balaban J connectivity index is 2.10. The molecule has 0 amide bonds. The minimum absolute atomic E-state index is 0.299. The molecule has 0 aromatic carbocycles. The van der Waals surface area contributed by atoms with Gasteiger partial charge in [0.05, 0.1) is 0 Å². The molecule has 4 nitrogen and oxygen atoms in total. The third-order valence-electron chi connectivity index (χ3n) is 2.05. The number of aliphatic hydroxyl groups excluding tert-OH is 1. The number of nitrogens with zero attached hydrogens (tertiary/aromatic N) is 2. The first kappa shape index (κ1) is 10.1. The van der Waals surface area contributed by atoms with Crippen LogP contribution in [0.1, 0.15) is 25.7 Å². The lowest BCUT2D eigenvalue weighted by Gasteiger charge is -2.03. The van der Waals surface area contributed by atoms with E-state index in [-0.39, 0.29) is 0 Å². The zero-order valence-electron chi connectivity index (χ0n) is 7.82. The van der Waals surface area contributed by atoms with Gasteiger partial charge in [-0.3, -0.25) is 0 Å². The van der Waals surface area contributed by atoms with Gasteiger partial charge in [-0.25, -0.2) is 4.98 Å². The molecule has 1 aromatic heterocycles. The minimum atomic E-state index is 0.299. The van der Waals surface area contributed by atoms with Crippen LogP contribution in [0.3, 0.4) is 0 Å². The van der Waals surface area contributed by atoms with Crippen molar-refractivity contribution in [2.45, 2.75) is 32.2 Å². The van der Waals surface area contributed by atoms with Crippen molar-refractivity contribution in [3.63, 3.8) is 0 Å². The summed E-state index contributed by atoms with van der Waals surface area (Å²) in [5.74, 6) is 0.585. The fourth-order valence-corrected chi connectivity index (χ4v) is 1.28. The van der Waals surface area contributed by atoms with Gasteiger partial charge >= 0.3 is 0 Å². The molecule has 0 aliphatic heterocycles. The molecule has 74 valence electrons. The van der Waals surface area contributed by atoms with E-state index in [0.29, 0.717) is 12.6 Å². The Bertz CT molecular complexity index is 235. The van der Waals surface area contributed by atoms with Crippen molar-refractivity contribution in [2.24, 2.45) is 0 Å². The molecular formula is C9H17N3O. The van der Waals surface area contributed by atoms with Crippen molar-refractivity contribution < 1.29 is 5.11 Å². The molecule has 1 rings (SSSR count). The second-order valence-electron chi connectivity index (χ2n) is 3.12. The number of aromatic nitrogens is 2. The number of nitrogen functional groups attached to an aromatic ring is 1. The van der Waals surface area contributed by atoms with E-state index >= 15 is 0 Å². The average Bonchev–Trinajstić information content (AvgIpc) is 2.52. The van der Waals surface area contributed by atoms with Crippen LogP contribution < -0.4 is 5.73 Å². The van der Waals surface area contributed by atoms with E-state index in [1.807, 2.05) is 10.8 Å². The first-order valence-electron chi connectivity index (χ1n) is 4.72. The third-order valence-corrected chi connectivity index (χ3v) is 2.05. The predicted octanol–water partition coefficient (Wildman–Crippen LogP) is 1.02.